The van der Waals surface area contributed by atoms with Gasteiger partial charge in [-0.25, -0.2) is 0 Å². The molecule has 0 saturated carbocycles. The summed E-state index contributed by atoms with van der Waals surface area (Å²) in [6.07, 6.45) is 1.87. The molecular weight excluding hydrogens is 356 g/mol. The predicted octanol–water partition coefficient (Wildman–Crippen LogP) is 3.75. The molecule has 28 heavy (non-hydrogen) atoms. The van der Waals surface area contributed by atoms with Gasteiger partial charge in [0.05, 0.1) is 12.7 Å². The van der Waals surface area contributed by atoms with Gasteiger partial charge in [0.25, 0.3) is 5.91 Å². The van der Waals surface area contributed by atoms with Crippen molar-refractivity contribution in [3.8, 4) is 5.75 Å². The van der Waals surface area contributed by atoms with Gasteiger partial charge >= 0.3 is 0 Å². The molecule has 0 radical (unpaired) electrons. The first-order valence-electron chi connectivity index (χ1n) is 9.23. The molecule has 3 rings (SSSR count). The summed E-state index contributed by atoms with van der Waals surface area (Å²) < 4.78 is 11.0. The molecule has 0 spiro atoms. The Bertz CT molecular complexity index is 990. The number of anilines is 1. The maximum absolute atomic E-state index is 12.4. The Labute approximate surface area is 163 Å². The Morgan fingerprint density at radius 2 is 1.75 bits per heavy atom. The Balaban J connectivity index is 1.59. The van der Waals surface area contributed by atoms with Gasteiger partial charge in [0.2, 0.25) is 5.91 Å². The number of hydrogen-bond acceptors (Lipinski definition) is 4. The molecule has 1 heterocycles. The summed E-state index contributed by atoms with van der Waals surface area (Å²) in [5.74, 6) is 0.269. The average Bonchev–Trinajstić information content (AvgIpc) is 3.03. The van der Waals surface area contributed by atoms with Crippen LogP contribution in [0, 0.1) is 13.8 Å². The van der Waals surface area contributed by atoms with Crippen molar-refractivity contribution in [2.45, 2.75) is 27.2 Å². The lowest BCUT2D eigenvalue weighted by molar-refractivity contribution is -0.123. The highest BCUT2D eigenvalue weighted by atomic mass is 16.5. The number of ether oxygens (including phenoxy) is 1. The van der Waals surface area contributed by atoms with E-state index in [1.165, 1.54) is 5.56 Å². The van der Waals surface area contributed by atoms with Gasteiger partial charge < -0.3 is 19.8 Å². The number of carbonyl (C=O) groups is 2. The highest BCUT2D eigenvalue weighted by molar-refractivity contribution is 5.95. The minimum atomic E-state index is -0.169. The molecule has 0 fully saturated rings. The number of rotatable bonds is 7. The fraction of sp³-hybridized carbons (Fsp3) is 0.273. The van der Waals surface area contributed by atoms with Gasteiger partial charge in [-0.2, -0.15) is 0 Å². The van der Waals surface area contributed by atoms with Crippen LogP contribution in [0.5, 0.6) is 5.75 Å². The summed E-state index contributed by atoms with van der Waals surface area (Å²) >= 11 is 0. The lowest BCUT2D eigenvalue weighted by atomic mass is 10.0. The van der Waals surface area contributed by atoms with E-state index in [-0.39, 0.29) is 24.8 Å². The van der Waals surface area contributed by atoms with Gasteiger partial charge in [-0.1, -0.05) is 0 Å². The maximum atomic E-state index is 12.4. The summed E-state index contributed by atoms with van der Waals surface area (Å²) in [4.78, 5) is 23.8. The third kappa shape index (κ3) is 4.71. The lowest BCUT2D eigenvalue weighted by Gasteiger charge is -2.08. The van der Waals surface area contributed by atoms with Crippen molar-refractivity contribution in [2.75, 3.05) is 18.5 Å². The molecule has 0 aliphatic rings. The Kier molecular flexibility index (Phi) is 5.99. The monoisotopic (exact) mass is 380 g/mol. The van der Waals surface area contributed by atoms with E-state index >= 15 is 0 Å². The number of nitrogens with one attached hydrogen (secondary N) is 2. The highest BCUT2D eigenvalue weighted by Gasteiger charge is 2.12. The summed E-state index contributed by atoms with van der Waals surface area (Å²) in [6.45, 7) is 6.46. The van der Waals surface area contributed by atoms with Crippen molar-refractivity contribution in [3.05, 3.63) is 59.4 Å². The third-order valence-electron chi connectivity index (χ3n) is 4.50. The van der Waals surface area contributed by atoms with Crippen LogP contribution >= 0.6 is 0 Å². The Hall–Kier alpha value is -3.28. The molecule has 0 aliphatic carbocycles. The topological polar surface area (TPSA) is 80.6 Å². The molecule has 0 atom stereocenters. The van der Waals surface area contributed by atoms with E-state index in [0.29, 0.717) is 18.0 Å². The molecule has 0 aliphatic heterocycles. The van der Waals surface area contributed by atoms with Crippen LogP contribution in [0.2, 0.25) is 0 Å². The zero-order chi connectivity index (χ0) is 20.1. The van der Waals surface area contributed by atoms with E-state index in [1.54, 1.807) is 30.5 Å². The van der Waals surface area contributed by atoms with Crippen LogP contribution in [0.15, 0.2) is 47.1 Å². The smallest absolute Gasteiger partial charge is 0.257 e. The number of aryl methyl sites for hydroxylation is 2. The fourth-order valence-corrected chi connectivity index (χ4v) is 2.88. The first-order chi connectivity index (χ1) is 13.5. The van der Waals surface area contributed by atoms with Crippen LogP contribution in [0.3, 0.4) is 0 Å². The van der Waals surface area contributed by atoms with Gasteiger partial charge in [-0.05, 0) is 68.3 Å². The van der Waals surface area contributed by atoms with Crippen LogP contribution in [-0.4, -0.2) is 25.0 Å². The molecule has 0 bridgehead atoms. The van der Waals surface area contributed by atoms with Crippen LogP contribution in [0.4, 0.5) is 5.69 Å². The minimum absolute atomic E-state index is 0.0357. The Morgan fingerprint density at radius 3 is 2.46 bits per heavy atom. The quantitative estimate of drug-likeness (QED) is 0.654. The number of amides is 2. The standard InChI is InChI=1S/C22H24N2O4/c1-4-23-22(26)13-27-18-7-5-17(6-8-18)24-21(25)11-16-12-28-20-10-15(3)14(2)9-19(16)20/h5-10,12H,4,11,13H2,1-3H3,(H,23,26)(H,24,25). The second-order valence-corrected chi connectivity index (χ2v) is 6.69. The molecule has 6 nitrogen and oxygen atoms in total. The SMILES string of the molecule is CCNC(=O)COc1ccc(NC(=O)Cc2coc3cc(C)c(C)cc23)cc1. The largest absolute Gasteiger partial charge is 0.484 e. The second-order valence-electron chi connectivity index (χ2n) is 6.69. The summed E-state index contributed by atoms with van der Waals surface area (Å²) in [5.41, 5.74) is 4.64. The van der Waals surface area contributed by atoms with E-state index in [4.69, 9.17) is 9.15 Å². The number of likely N-dealkylation sites (N-methyl/N-ethyl adjacent to an activating group) is 1. The summed E-state index contributed by atoms with van der Waals surface area (Å²) in [7, 11) is 0. The van der Waals surface area contributed by atoms with Crippen molar-refractivity contribution in [1.29, 1.82) is 0 Å². The first-order valence-corrected chi connectivity index (χ1v) is 9.23. The molecular formula is C22H24N2O4. The maximum Gasteiger partial charge on any atom is 0.257 e. The van der Waals surface area contributed by atoms with E-state index in [2.05, 4.69) is 16.7 Å². The van der Waals surface area contributed by atoms with Crippen molar-refractivity contribution in [3.63, 3.8) is 0 Å². The van der Waals surface area contributed by atoms with E-state index in [0.717, 1.165) is 22.1 Å². The summed E-state index contributed by atoms with van der Waals surface area (Å²) in [6, 6.07) is 11.0. The summed E-state index contributed by atoms with van der Waals surface area (Å²) in [5, 5.41) is 6.50. The van der Waals surface area contributed by atoms with Gasteiger partial charge in [-0.3, -0.25) is 9.59 Å². The zero-order valence-corrected chi connectivity index (χ0v) is 16.3. The van der Waals surface area contributed by atoms with Gasteiger partial charge in [0.15, 0.2) is 6.61 Å². The fourth-order valence-electron chi connectivity index (χ4n) is 2.88. The molecule has 2 aromatic carbocycles. The van der Waals surface area contributed by atoms with Gasteiger partial charge in [0, 0.05) is 23.2 Å². The van der Waals surface area contributed by atoms with Gasteiger partial charge in [0.1, 0.15) is 11.3 Å². The number of benzene rings is 2. The van der Waals surface area contributed by atoms with Crippen LogP contribution < -0.4 is 15.4 Å². The van der Waals surface area contributed by atoms with Crippen molar-refractivity contribution < 1.29 is 18.7 Å². The van der Waals surface area contributed by atoms with Crippen molar-refractivity contribution >= 4 is 28.5 Å². The number of fused-ring (bicyclic) bond motifs is 1. The van der Waals surface area contributed by atoms with Crippen molar-refractivity contribution in [1.82, 2.24) is 5.32 Å². The molecule has 1 aromatic heterocycles. The van der Waals surface area contributed by atoms with Crippen LogP contribution in [0.1, 0.15) is 23.6 Å². The molecule has 3 aromatic rings. The minimum Gasteiger partial charge on any atom is -0.484 e. The van der Waals surface area contributed by atoms with Crippen LogP contribution in [0.25, 0.3) is 11.0 Å². The molecule has 0 unspecified atom stereocenters. The normalized spacial score (nSPS) is 10.7. The average molecular weight is 380 g/mol. The Morgan fingerprint density at radius 1 is 1.04 bits per heavy atom. The number of furan rings is 1. The molecule has 2 amide bonds. The van der Waals surface area contributed by atoms with Crippen LogP contribution in [-0.2, 0) is 16.0 Å². The number of hydrogen-bond donors (Lipinski definition) is 2. The second kappa shape index (κ2) is 8.61. The third-order valence-corrected chi connectivity index (χ3v) is 4.50. The van der Waals surface area contributed by atoms with E-state index < -0.39 is 0 Å². The molecule has 146 valence electrons. The van der Waals surface area contributed by atoms with Gasteiger partial charge in [-0.15, -0.1) is 0 Å². The molecule has 0 saturated heterocycles. The van der Waals surface area contributed by atoms with Crippen molar-refractivity contribution in [2.24, 2.45) is 0 Å². The predicted molar refractivity (Wildman–Crippen MR) is 109 cm³/mol. The van der Waals surface area contributed by atoms with E-state index in [9.17, 15) is 9.59 Å². The zero-order valence-electron chi connectivity index (χ0n) is 16.3. The highest BCUT2D eigenvalue weighted by Crippen LogP contribution is 2.25. The lowest BCUT2D eigenvalue weighted by Crippen LogP contribution is -2.28. The molecule has 2 N–H and O–H groups in total. The number of carbonyl (C=O) groups excluding carboxylic acids is 2. The first kappa shape index (κ1) is 19.5. The van der Waals surface area contributed by atoms with E-state index in [1.807, 2.05) is 26.8 Å². The molecule has 6 heteroatoms.